The van der Waals surface area contributed by atoms with Crippen LogP contribution in [-0.2, 0) is 9.53 Å². The number of carbonyl (C=O) groups is 1. The van der Waals surface area contributed by atoms with Gasteiger partial charge >= 0.3 is 5.97 Å². The number of aliphatic hydroxyl groups is 1. The molecule has 18 heavy (non-hydrogen) atoms. The molecule has 4 nitrogen and oxygen atoms in total. The Balaban J connectivity index is 2.71. The normalized spacial score (nSPS) is 20.7. The molecule has 4 heteroatoms. The second-order valence-electron chi connectivity index (χ2n) is 6.12. The molecule has 0 aromatic heterocycles. The van der Waals surface area contributed by atoms with Crippen LogP contribution in [0.15, 0.2) is 0 Å². The van der Waals surface area contributed by atoms with Gasteiger partial charge in [-0.2, -0.15) is 0 Å². The van der Waals surface area contributed by atoms with E-state index in [0.717, 1.165) is 25.9 Å². The molecule has 0 aromatic rings. The summed E-state index contributed by atoms with van der Waals surface area (Å²) in [5.41, 5.74) is -1.11. The molecule has 0 atom stereocenters. The van der Waals surface area contributed by atoms with Gasteiger partial charge in [0.1, 0.15) is 0 Å². The topological polar surface area (TPSA) is 49.8 Å². The first-order valence-corrected chi connectivity index (χ1v) is 6.87. The standard InChI is InChI=1S/C14H27NO3/c1-5-18-12(16)14(7-6-13(2,3)17)8-10-15(4)11-9-14/h17H,5-11H2,1-4H3. The van der Waals surface area contributed by atoms with Crippen molar-refractivity contribution in [2.45, 2.75) is 52.1 Å². The van der Waals surface area contributed by atoms with E-state index in [0.29, 0.717) is 19.4 Å². The van der Waals surface area contributed by atoms with Crippen LogP contribution in [-0.4, -0.2) is 48.3 Å². The molecule has 0 saturated carbocycles. The Morgan fingerprint density at radius 1 is 1.39 bits per heavy atom. The molecule has 1 N–H and O–H groups in total. The maximum atomic E-state index is 12.2. The van der Waals surface area contributed by atoms with Crippen LogP contribution >= 0.6 is 0 Å². The zero-order chi connectivity index (χ0) is 13.8. The minimum Gasteiger partial charge on any atom is -0.466 e. The molecule has 0 spiro atoms. The van der Waals surface area contributed by atoms with Gasteiger partial charge in [-0.3, -0.25) is 4.79 Å². The lowest BCUT2D eigenvalue weighted by Crippen LogP contribution is -2.44. The summed E-state index contributed by atoms with van der Waals surface area (Å²) in [6, 6.07) is 0. The van der Waals surface area contributed by atoms with E-state index in [9.17, 15) is 9.90 Å². The molecule has 0 aromatic carbocycles. The van der Waals surface area contributed by atoms with Crippen molar-refractivity contribution in [1.82, 2.24) is 4.90 Å². The molecule has 1 fully saturated rings. The van der Waals surface area contributed by atoms with Gasteiger partial charge in [-0.25, -0.2) is 0 Å². The summed E-state index contributed by atoms with van der Waals surface area (Å²) >= 11 is 0. The molecule has 1 heterocycles. The second kappa shape index (κ2) is 6.02. The Hall–Kier alpha value is -0.610. The molecule has 1 aliphatic rings. The van der Waals surface area contributed by atoms with Crippen molar-refractivity contribution in [3.8, 4) is 0 Å². The van der Waals surface area contributed by atoms with Crippen molar-refractivity contribution < 1.29 is 14.6 Å². The van der Waals surface area contributed by atoms with Crippen molar-refractivity contribution in [2.24, 2.45) is 5.41 Å². The van der Waals surface area contributed by atoms with Gasteiger partial charge in [0.15, 0.2) is 0 Å². The third-order valence-corrected chi connectivity index (χ3v) is 3.87. The highest BCUT2D eigenvalue weighted by Gasteiger charge is 2.42. The summed E-state index contributed by atoms with van der Waals surface area (Å²) in [7, 11) is 2.07. The van der Waals surface area contributed by atoms with Crippen LogP contribution in [0.1, 0.15) is 46.5 Å². The molecule has 0 unspecified atom stereocenters. The summed E-state index contributed by atoms with van der Waals surface area (Å²) in [5.74, 6) is -0.0812. The molecule has 1 rings (SSSR count). The molecular weight excluding hydrogens is 230 g/mol. The number of ether oxygens (including phenoxy) is 1. The molecular formula is C14H27NO3. The smallest absolute Gasteiger partial charge is 0.312 e. The van der Waals surface area contributed by atoms with Crippen molar-refractivity contribution in [1.29, 1.82) is 0 Å². The fourth-order valence-electron chi connectivity index (χ4n) is 2.43. The van der Waals surface area contributed by atoms with E-state index in [-0.39, 0.29) is 11.4 Å². The average molecular weight is 257 g/mol. The molecule has 0 bridgehead atoms. The maximum Gasteiger partial charge on any atom is 0.312 e. The van der Waals surface area contributed by atoms with E-state index in [1.165, 1.54) is 0 Å². The van der Waals surface area contributed by atoms with E-state index < -0.39 is 5.60 Å². The van der Waals surface area contributed by atoms with Crippen molar-refractivity contribution in [3.05, 3.63) is 0 Å². The third kappa shape index (κ3) is 4.25. The summed E-state index contributed by atoms with van der Waals surface area (Å²) < 4.78 is 5.25. The van der Waals surface area contributed by atoms with E-state index in [1.54, 1.807) is 13.8 Å². The number of piperidine rings is 1. The lowest BCUT2D eigenvalue weighted by molar-refractivity contribution is -0.159. The lowest BCUT2D eigenvalue weighted by Gasteiger charge is -2.39. The predicted molar refractivity (Wildman–Crippen MR) is 71.3 cm³/mol. The molecule has 0 aliphatic carbocycles. The average Bonchev–Trinajstić information content (AvgIpc) is 2.28. The highest BCUT2D eigenvalue weighted by molar-refractivity contribution is 5.77. The Morgan fingerprint density at radius 3 is 2.39 bits per heavy atom. The Kier molecular flexibility index (Phi) is 5.17. The van der Waals surface area contributed by atoms with E-state index in [1.807, 2.05) is 6.92 Å². The van der Waals surface area contributed by atoms with Crippen molar-refractivity contribution >= 4 is 5.97 Å². The SMILES string of the molecule is CCOC(=O)C1(CCC(C)(C)O)CCN(C)CC1. The molecule has 0 amide bonds. The Morgan fingerprint density at radius 2 is 1.94 bits per heavy atom. The highest BCUT2D eigenvalue weighted by atomic mass is 16.5. The minimum absolute atomic E-state index is 0.0812. The van der Waals surface area contributed by atoms with Gasteiger partial charge in [0.25, 0.3) is 0 Å². The van der Waals surface area contributed by atoms with Crippen LogP contribution < -0.4 is 0 Å². The first kappa shape index (κ1) is 15.4. The van der Waals surface area contributed by atoms with Gasteiger partial charge in [-0.1, -0.05) is 0 Å². The fourth-order valence-corrected chi connectivity index (χ4v) is 2.43. The highest BCUT2D eigenvalue weighted by Crippen LogP contribution is 2.38. The van der Waals surface area contributed by atoms with Crippen LogP contribution in [0.5, 0.6) is 0 Å². The van der Waals surface area contributed by atoms with E-state index in [2.05, 4.69) is 11.9 Å². The number of esters is 1. The van der Waals surface area contributed by atoms with Crippen LogP contribution in [0.3, 0.4) is 0 Å². The summed E-state index contributed by atoms with van der Waals surface area (Å²) in [6.07, 6.45) is 3.01. The summed E-state index contributed by atoms with van der Waals surface area (Å²) in [5, 5.41) is 9.86. The van der Waals surface area contributed by atoms with Crippen LogP contribution in [0.25, 0.3) is 0 Å². The zero-order valence-electron chi connectivity index (χ0n) is 12.2. The molecule has 0 radical (unpaired) electrons. The van der Waals surface area contributed by atoms with Crippen LogP contribution in [0, 0.1) is 5.41 Å². The first-order valence-electron chi connectivity index (χ1n) is 6.87. The monoisotopic (exact) mass is 257 g/mol. The predicted octanol–water partition coefficient (Wildman–Crippen LogP) is 1.81. The van der Waals surface area contributed by atoms with Gasteiger partial charge in [0.2, 0.25) is 0 Å². The second-order valence-corrected chi connectivity index (χ2v) is 6.12. The molecule has 1 aliphatic heterocycles. The van der Waals surface area contributed by atoms with E-state index >= 15 is 0 Å². The number of nitrogens with zero attached hydrogens (tertiary/aromatic N) is 1. The van der Waals surface area contributed by atoms with Gasteiger partial charge in [0, 0.05) is 0 Å². The Bertz CT molecular complexity index is 275. The number of hydrogen-bond acceptors (Lipinski definition) is 4. The van der Waals surface area contributed by atoms with Crippen LogP contribution in [0.2, 0.25) is 0 Å². The van der Waals surface area contributed by atoms with Gasteiger partial charge in [-0.15, -0.1) is 0 Å². The molecule has 106 valence electrons. The Labute approximate surface area is 110 Å². The number of rotatable bonds is 5. The summed E-state index contributed by atoms with van der Waals surface area (Å²) in [4.78, 5) is 14.5. The quantitative estimate of drug-likeness (QED) is 0.763. The van der Waals surface area contributed by atoms with E-state index in [4.69, 9.17) is 4.74 Å². The fraction of sp³-hybridized carbons (Fsp3) is 0.929. The zero-order valence-corrected chi connectivity index (χ0v) is 12.2. The number of likely N-dealkylation sites (tertiary alicyclic amines) is 1. The number of hydrogen-bond donors (Lipinski definition) is 1. The molecule has 1 saturated heterocycles. The van der Waals surface area contributed by atoms with Gasteiger partial charge in [0.05, 0.1) is 17.6 Å². The van der Waals surface area contributed by atoms with Gasteiger partial charge in [-0.05, 0) is 66.6 Å². The van der Waals surface area contributed by atoms with Crippen molar-refractivity contribution in [2.75, 3.05) is 26.7 Å². The largest absolute Gasteiger partial charge is 0.466 e. The summed E-state index contributed by atoms with van der Waals surface area (Å²) in [6.45, 7) is 7.70. The minimum atomic E-state index is -0.719. The van der Waals surface area contributed by atoms with Crippen molar-refractivity contribution in [3.63, 3.8) is 0 Å². The van der Waals surface area contributed by atoms with Gasteiger partial charge < -0.3 is 14.7 Å². The maximum absolute atomic E-state index is 12.2. The van der Waals surface area contributed by atoms with Crippen LogP contribution in [0.4, 0.5) is 0 Å². The first-order chi connectivity index (χ1) is 8.29. The number of carbonyl (C=O) groups excluding carboxylic acids is 1. The lowest BCUT2D eigenvalue weighted by atomic mass is 9.73. The third-order valence-electron chi connectivity index (χ3n) is 3.87.